The number of aromatic nitrogens is 1. The first-order valence-corrected chi connectivity index (χ1v) is 12.0. The van der Waals surface area contributed by atoms with Crippen LogP contribution < -0.4 is 10.6 Å². The largest absolute Gasteiger partial charge is 0.487 e. The van der Waals surface area contributed by atoms with E-state index in [0.717, 1.165) is 53.6 Å². The summed E-state index contributed by atoms with van der Waals surface area (Å²) in [5.74, 6) is 7.64. The molecule has 1 amide bonds. The summed E-state index contributed by atoms with van der Waals surface area (Å²) >= 11 is 0. The maximum atomic E-state index is 12.0. The second-order valence-corrected chi connectivity index (χ2v) is 9.21. The topological polar surface area (TPSA) is 92.5 Å². The van der Waals surface area contributed by atoms with Crippen molar-refractivity contribution in [3.05, 3.63) is 71.9 Å². The van der Waals surface area contributed by atoms with Crippen molar-refractivity contribution >= 4 is 16.8 Å². The van der Waals surface area contributed by atoms with Gasteiger partial charge in [0.1, 0.15) is 12.4 Å². The van der Waals surface area contributed by atoms with Crippen molar-refractivity contribution in [2.24, 2.45) is 5.92 Å². The Labute approximate surface area is 200 Å². The van der Waals surface area contributed by atoms with Crippen LogP contribution in [-0.4, -0.2) is 27.5 Å². The van der Waals surface area contributed by atoms with Crippen LogP contribution in [0.5, 0.6) is 5.75 Å². The van der Waals surface area contributed by atoms with Crippen molar-refractivity contribution in [2.45, 2.75) is 58.0 Å². The van der Waals surface area contributed by atoms with Gasteiger partial charge in [-0.05, 0) is 59.4 Å². The summed E-state index contributed by atoms with van der Waals surface area (Å²) in [6, 6.07) is 19.8. The van der Waals surface area contributed by atoms with Crippen molar-refractivity contribution in [1.29, 1.82) is 0 Å². The van der Waals surface area contributed by atoms with E-state index in [9.17, 15) is 10.0 Å². The van der Waals surface area contributed by atoms with Gasteiger partial charge in [-0.1, -0.05) is 62.1 Å². The Kier molecular flexibility index (Phi) is 7.90. The summed E-state index contributed by atoms with van der Waals surface area (Å²) in [7, 11) is 0. The molecule has 1 aromatic heterocycles. The number of nitrogens with one attached hydrogen (secondary N) is 1. The monoisotopic (exact) mass is 463 g/mol. The SMILES string of the molecule is CC(=O)[N+](O)(CC(c1ccc(OCc2ccc3ccccc3n2)cc1)C1CCCCCC1)O[NH]. The third-order valence-electron chi connectivity index (χ3n) is 6.91. The number of hydrogen-bond acceptors (Lipinski definition) is 5. The Morgan fingerprint density at radius 3 is 2.44 bits per heavy atom. The van der Waals surface area contributed by atoms with E-state index in [1.54, 1.807) is 0 Å². The predicted molar refractivity (Wildman–Crippen MR) is 128 cm³/mol. The zero-order valence-electron chi connectivity index (χ0n) is 19.7. The standard InChI is InChI=1S/C27H33N3O4/c1-20(31)30(32,34-28)18-26(21-8-4-2-3-5-9-21)22-13-16-25(17-14-22)33-19-24-15-12-23-10-6-7-11-27(23)29-24/h6-7,10-17,21,26,28,32H,2-5,8-9,18-19H2,1H3/q+1. The number of quaternary nitrogens is 1. The summed E-state index contributed by atoms with van der Waals surface area (Å²) in [5, 5.41) is 11.7. The fraction of sp³-hybridized carbons (Fsp3) is 0.407. The molecule has 7 nitrogen and oxygen atoms in total. The first-order valence-electron chi connectivity index (χ1n) is 12.0. The highest BCUT2D eigenvalue weighted by atomic mass is 17.0. The van der Waals surface area contributed by atoms with Gasteiger partial charge in [0.25, 0.3) is 0 Å². The molecule has 0 aliphatic heterocycles. The molecule has 34 heavy (non-hydrogen) atoms. The van der Waals surface area contributed by atoms with Gasteiger partial charge in [-0.15, -0.1) is 0 Å². The molecule has 1 radical (unpaired) electrons. The Morgan fingerprint density at radius 2 is 1.76 bits per heavy atom. The molecule has 179 valence electrons. The number of amides is 1. The van der Waals surface area contributed by atoms with Crippen molar-refractivity contribution in [3.8, 4) is 5.75 Å². The number of hydrogen-bond donors (Lipinski definition) is 1. The van der Waals surface area contributed by atoms with Gasteiger partial charge in [0.15, 0.2) is 6.54 Å². The number of fused-ring (bicyclic) bond motifs is 1. The molecule has 2 atom stereocenters. The van der Waals surface area contributed by atoms with Gasteiger partial charge in [-0.2, -0.15) is 5.21 Å². The number of pyridine rings is 1. The molecule has 2 unspecified atom stereocenters. The van der Waals surface area contributed by atoms with E-state index in [-0.39, 0.29) is 12.5 Å². The van der Waals surface area contributed by atoms with Crippen LogP contribution in [0.2, 0.25) is 0 Å². The van der Waals surface area contributed by atoms with Crippen molar-refractivity contribution in [3.63, 3.8) is 0 Å². The number of rotatable bonds is 8. The van der Waals surface area contributed by atoms with Gasteiger partial charge in [-0.25, -0.2) is 9.78 Å². The van der Waals surface area contributed by atoms with Crippen LogP contribution in [-0.2, 0) is 16.3 Å². The lowest BCUT2D eigenvalue weighted by Gasteiger charge is -2.30. The van der Waals surface area contributed by atoms with E-state index in [1.165, 1.54) is 19.8 Å². The third-order valence-corrected chi connectivity index (χ3v) is 6.91. The van der Waals surface area contributed by atoms with Gasteiger partial charge in [0.05, 0.1) is 18.1 Å². The van der Waals surface area contributed by atoms with Gasteiger partial charge < -0.3 is 4.74 Å². The predicted octanol–water partition coefficient (Wildman–Crippen LogP) is 5.75. The molecule has 2 aromatic carbocycles. The molecule has 0 bridgehead atoms. The highest BCUT2D eigenvalue weighted by molar-refractivity contribution is 5.78. The van der Waals surface area contributed by atoms with Crippen molar-refractivity contribution in [1.82, 2.24) is 10.9 Å². The number of benzene rings is 2. The molecule has 1 aliphatic rings. The van der Waals surface area contributed by atoms with Crippen molar-refractivity contribution in [2.75, 3.05) is 6.54 Å². The quantitative estimate of drug-likeness (QED) is 0.199. The summed E-state index contributed by atoms with van der Waals surface area (Å²) in [4.78, 5) is 19.8. The second-order valence-electron chi connectivity index (χ2n) is 9.21. The van der Waals surface area contributed by atoms with E-state index in [4.69, 9.17) is 10.6 Å². The number of carbonyl (C=O) groups is 1. The molecule has 1 aliphatic carbocycles. The van der Waals surface area contributed by atoms with Gasteiger partial charge in [0, 0.05) is 16.1 Å². The molecule has 2 N–H and O–H groups in total. The van der Waals surface area contributed by atoms with Crippen LogP contribution in [0.3, 0.4) is 0 Å². The Balaban J connectivity index is 1.49. The van der Waals surface area contributed by atoms with Crippen LogP contribution in [0.4, 0.5) is 0 Å². The highest BCUT2D eigenvalue weighted by Crippen LogP contribution is 2.37. The Morgan fingerprint density at radius 1 is 1.06 bits per heavy atom. The average Bonchev–Trinajstić information content (AvgIpc) is 3.15. The average molecular weight is 464 g/mol. The molecule has 1 heterocycles. The van der Waals surface area contributed by atoms with Gasteiger partial charge >= 0.3 is 5.91 Å². The molecular weight excluding hydrogens is 430 g/mol. The van der Waals surface area contributed by atoms with E-state index >= 15 is 0 Å². The molecule has 1 fully saturated rings. The molecule has 4 rings (SSSR count). The first kappa shape index (κ1) is 24.3. The number of hydroxylamine groups is 4. The van der Waals surface area contributed by atoms with Crippen LogP contribution in [0.1, 0.15) is 62.6 Å². The van der Waals surface area contributed by atoms with Crippen LogP contribution in [0.15, 0.2) is 60.7 Å². The maximum absolute atomic E-state index is 12.0. The van der Waals surface area contributed by atoms with E-state index in [1.807, 2.05) is 60.7 Å². The zero-order valence-corrected chi connectivity index (χ0v) is 19.7. The minimum Gasteiger partial charge on any atom is -0.487 e. The maximum Gasteiger partial charge on any atom is 0.377 e. The summed E-state index contributed by atoms with van der Waals surface area (Å²) in [6.45, 7) is 1.63. The zero-order chi connectivity index (χ0) is 24.0. The van der Waals surface area contributed by atoms with Crippen LogP contribution in [0.25, 0.3) is 10.9 Å². The molecule has 1 saturated carbocycles. The summed E-state index contributed by atoms with van der Waals surface area (Å²) in [5.41, 5.74) is 2.81. The molecule has 3 aromatic rings. The van der Waals surface area contributed by atoms with E-state index in [2.05, 4.69) is 9.92 Å². The third kappa shape index (κ3) is 5.80. The van der Waals surface area contributed by atoms with Gasteiger partial charge in [-0.3, -0.25) is 0 Å². The molecular formula is C27H33N3O4+. The summed E-state index contributed by atoms with van der Waals surface area (Å²) < 4.78 is 5.98. The first-order chi connectivity index (χ1) is 16.5. The van der Waals surface area contributed by atoms with E-state index in [0.29, 0.717) is 12.5 Å². The van der Waals surface area contributed by atoms with E-state index < -0.39 is 10.7 Å². The lowest BCUT2D eigenvalue weighted by Crippen LogP contribution is -2.51. The minimum absolute atomic E-state index is 0.0186. The number of ether oxygens (including phenoxy) is 1. The Hall–Kier alpha value is -2.84. The lowest BCUT2D eigenvalue weighted by atomic mass is 9.81. The van der Waals surface area contributed by atoms with Gasteiger partial charge in [0.2, 0.25) is 0 Å². The molecule has 0 spiro atoms. The number of para-hydroxylation sites is 1. The Bertz CT molecular complexity index is 1100. The normalized spacial score (nSPS) is 17.6. The number of carbonyl (C=O) groups excluding carboxylic acids is 1. The molecule has 7 heteroatoms. The minimum atomic E-state index is -1.34. The molecule has 0 saturated heterocycles. The van der Waals surface area contributed by atoms with Crippen molar-refractivity contribution < 1.29 is 24.5 Å². The van der Waals surface area contributed by atoms with Crippen LogP contribution >= 0.6 is 0 Å². The lowest BCUT2D eigenvalue weighted by molar-refractivity contribution is -1.19. The smallest absolute Gasteiger partial charge is 0.377 e. The number of nitrogens with zero attached hydrogens (tertiary/aromatic N) is 2. The van der Waals surface area contributed by atoms with Crippen LogP contribution in [0, 0.1) is 5.92 Å². The fourth-order valence-electron chi connectivity index (χ4n) is 4.89. The second kappa shape index (κ2) is 11.1. The summed E-state index contributed by atoms with van der Waals surface area (Å²) in [6.07, 6.45) is 6.75. The highest BCUT2D eigenvalue weighted by Gasteiger charge is 2.41. The fourth-order valence-corrected chi connectivity index (χ4v) is 4.89.